The van der Waals surface area contributed by atoms with Gasteiger partial charge in [-0.15, -0.1) is 5.10 Å². The van der Waals surface area contributed by atoms with Crippen LogP contribution in [0.25, 0.3) is 0 Å². The normalized spacial score (nSPS) is 14.3. The third-order valence-corrected chi connectivity index (χ3v) is 3.40. The van der Waals surface area contributed by atoms with Crippen LogP contribution in [0.4, 0.5) is 5.95 Å². The molecule has 1 aromatic rings. The Morgan fingerprint density at radius 2 is 1.78 bits per heavy atom. The molecule has 0 radical (unpaired) electrons. The van der Waals surface area contributed by atoms with Gasteiger partial charge in [-0.2, -0.15) is 5.10 Å². The summed E-state index contributed by atoms with van der Waals surface area (Å²) in [6.45, 7) is 9.09. The molecule has 1 aromatic heterocycles. The van der Waals surface area contributed by atoms with E-state index in [2.05, 4.69) is 48.2 Å². The van der Waals surface area contributed by atoms with Gasteiger partial charge in [-0.1, -0.05) is 20.8 Å². The lowest BCUT2D eigenvalue weighted by molar-refractivity contribution is 0.458. The van der Waals surface area contributed by atoms with Crippen molar-refractivity contribution < 1.29 is 0 Å². The summed E-state index contributed by atoms with van der Waals surface area (Å²) in [5.41, 5.74) is 7.60. The Labute approximate surface area is 110 Å². The molecule has 0 aliphatic carbocycles. The second-order valence-corrected chi connectivity index (χ2v) is 4.81. The maximum absolute atomic E-state index is 5.65. The Balaban J connectivity index is 2.90. The third-order valence-electron chi connectivity index (χ3n) is 3.40. The predicted molar refractivity (Wildman–Crippen MR) is 74.6 cm³/mol. The molecule has 0 saturated heterocycles. The second-order valence-electron chi connectivity index (χ2n) is 4.81. The molecule has 0 aliphatic heterocycles. The number of nitrogens with two attached hydrogens (primary N) is 1. The fourth-order valence-electron chi connectivity index (χ4n) is 1.91. The van der Waals surface area contributed by atoms with Crippen LogP contribution in [0.5, 0.6) is 0 Å². The Hall–Kier alpha value is -1.23. The van der Waals surface area contributed by atoms with Crippen LogP contribution in [-0.2, 0) is 12.8 Å². The van der Waals surface area contributed by atoms with Crippen molar-refractivity contribution in [3.8, 4) is 0 Å². The van der Waals surface area contributed by atoms with Gasteiger partial charge in [0.15, 0.2) is 0 Å². The molecule has 5 nitrogen and oxygen atoms in total. The Morgan fingerprint density at radius 3 is 2.28 bits per heavy atom. The fraction of sp³-hybridized carbons (Fsp3) is 0.769. The minimum absolute atomic E-state index is 0.0603. The topological polar surface area (TPSA) is 76.7 Å². The zero-order valence-electron chi connectivity index (χ0n) is 12.0. The lowest BCUT2D eigenvalue weighted by Gasteiger charge is -2.29. The van der Waals surface area contributed by atoms with E-state index in [1.54, 1.807) is 0 Å². The minimum atomic E-state index is -0.0603. The van der Waals surface area contributed by atoms with E-state index >= 15 is 0 Å². The molecule has 0 aromatic carbocycles. The molecule has 0 fully saturated rings. The van der Waals surface area contributed by atoms with Crippen LogP contribution in [0.2, 0.25) is 0 Å². The van der Waals surface area contributed by atoms with Crippen LogP contribution in [0, 0.1) is 0 Å². The van der Waals surface area contributed by atoms with Gasteiger partial charge < -0.3 is 11.1 Å². The van der Waals surface area contributed by atoms with Crippen molar-refractivity contribution in [3.05, 3.63) is 11.4 Å². The largest absolute Gasteiger partial charge is 0.348 e. The van der Waals surface area contributed by atoms with Gasteiger partial charge >= 0.3 is 0 Å². The van der Waals surface area contributed by atoms with Gasteiger partial charge in [0.2, 0.25) is 5.95 Å². The van der Waals surface area contributed by atoms with E-state index in [4.69, 9.17) is 5.73 Å². The Kier molecular flexibility index (Phi) is 5.47. The van der Waals surface area contributed by atoms with Crippen molar-refractivity contribution in [2.75, 3.05) is 11.9 Å². The highest BCUT2D eigenvalue weighted by molar-refractivity contribution is 5.29. The summed E-state index contributed by atoms with van der Waals surface area (Å²) in [4.78, 5) is 4.55. The minimum Gasteiger partial charge on any atom is -0.348 e. The van der Waals surface area contributed by atoms with Crippen LogP contribution in [0.15, 0.2) is 0 Å². The zero-order chi connectivity index (χ0) is 13.6. The Bertz CT molecular complexity index is 380. The summed E-state index contributed by atoms with van der Waals surface area (Å²) in [7, 11) is 0. The standard InChI is InChI=1S/C13H25N5/c1-5-10-11(6-2)17-18-12(15-10)16-13(4,7-3)8-9-14/h5-9,14H2,1-4H3,(H,15,16,18). The van der Waals surface area contributed by atoms with Gasteiger partial charge in [-0.05, 0) is 39.2 Å². The fourth-order valence-corrected chi connectivity index (χ4v) is 1.91. The van der Waals surface area contributed by atoms with Crippen molar-refractivity contribution in [2.24, 2.45) is 5.73 Å². The molecule has 102 valence electrons. The molecule has 1 heterocycles. The number of hydrogen-bond acceptors (Lipinski definition) is 5. The van der Waals surface area contributed by atoms with E-state index < -0.39 is 0 Å². The zero-order valence-corrected chi connectivity index (χ0v) is 12.0. The van der Waals surface area contributed by atoms with Crippen LogP contribution in [-0.4, -0.2) is 27.3 Å². The molecule has 3 N–H and O–H groups in total. The van der Waals surface area contributed by atoms with Crippen molar-refractivity contribution in [1.82, 2.24) is 15.2 Å². The van der Waals surface area contributed by atoms with Gasteiger partial charge in [0, 0.05) is 5.54 Å². The van der Waals surface area contributed by atoms with Crippen LogP contribution in [0.3, 0.4) is 0 Å². The molecule has 0 aliphatic rings. The van der Waals surface area contributed by atoms with E-state index in [1.165, 1.54) is 0 Å². The quantitative estimate of drug-likeness (QED) is 0.774. The van der Waals surface area contributed by atoms with Crippen LogP contribution < -0.4 is 11.1 Å². The first-order chi connectivity index (χ1) is 8.58. The summed E-state index contributed by atoms with van der Waals surface area (Å²) in [5.74, 6) is 0.613. The predicted octanol–water partition coefficient (Wildman–Crippen LogP) is 1.93. The summed E-state index contributed by atoms with van der Waals surface area (Å²) >= 11 is 0. The first-order valence-corrected chi connectivity index (χ1v) is 6.79. The summed E-state index contributed by atoms with van der Waals surface area (Å²) < 4.78 is 0. The number of nitrogens with one attached hydrogen (secondary N) is 1. The number of aromatic nitrogens is 3. The number of nitrogens with zero attached hydrogens (tertiary/aromatic N) is 3. The van der Waals surface area contributed by atoms with E-state index in [0.717, 1.165) is 37.1 Å². The molecule has 1 rings (SSSR count). The van der Waals surface area contributed by atoms with Crippen molar-refractivity contribution in [1.29, 1.82) is 0 Å². The number of rotatable bonds is 7. The molecule has 1 atom stereocenters. The van der Waals surface area contributed by atoms with E-state index in [-0.39, 0.29) is 5.54 Å². The summed E-state index contributed by atoms with van der Waals surface area (Å²) in [6, 6.07) is 0. The maximum atomic E-state index is 5.65. The van der Waals surface area contributed by atoms with Gasteiger partial charge in [0.05, 0.1) is 11.4 Å². The highest BCUT2D eigenvalue weighted by Crippen LogP contribution is 2.19. The SMILES string of the molecule is CCc1nnc(NC(C)(CC)CCN)nc1CC. The molecule has 18 heavy (non-hydrogen) atoms. The number of hydrogen-bond donors (Lipinski definition) is 2. The number of anilines is 1. The average molecular weight is 251 g/mol. The van der Waals surface area contributed by atoms with Crippen LogP contribution >= 0.6 is 0 Å². The summed E-state index contributed by atoms with van der Waals surface area (Å²) in [6.07, 6.45) is 3.62. The third kappa shape index (κ3) is 3.63. The highest BCUT2D eigenvalue weighted by Gasteiger charge is 2.22. The summed E-state index contributed by atoms with van der Waals surface area (Å²) in [5, 5.41) is 11.8. The van der Waals surface area contributed by atoms with Gasteiger partial charge in [-0.25, -0.2) is 4.98 Å². The van der Waals surface area contributed by atoms with Crippen LogP contribution in [0.1, 0.15) is 51.9 Å². The van der Waals surface area contributed by atoms with E-state index in [1.807, 2.05) is 0 Å². The molecule has 1 unspecified atom stereocenters. The lowest BCUT2D eigenvalue weighted by atomic mass is 9.95. The molecule has 5 heteroatoms. The molecular weight excluding hydrogens is 226 g/mol. The monoisotopic (exact) mass is 251 g/mol. The van der Waals surface area contributed by atoms with E-state index in [0.29, 0.717) is 12.5 Å². The first-order valence-electron chi connectivity index (χ1n) is 6.79. The van der Waals surface area contributed by atoms with Crippen molar-refractivity contribution in [3.63, 3.8) is 0 Å². The molecule has 0 spiro atoms. The van der Waals surface area contributed by atoms with Gasteiger partial charge in [-0.3, -0.25) is 0 Å². The smallest absolute Gasteiger partial charge is 0.243 e. The number of aryl methyl sites for hydroxylation is 2. The van der Waals surface area contributed by atoms with Crippen molar-refractivity contribution >= 4 is 5.95 Å². The van der Waals surface area contributed by atoms with Gasteiger partial charge in [0.25, 0.3) is 0 Å². The molecule has 0 bridgehead atoms. The molecule has 0 amide bonds. The average Bonchev–Trinajstić information content (AvgIpc) is 2.38. The second kappa shape index (κ2) is 6.64. The molecular formula is C13H25N5. The highest BCUT2D eigenvalue weighted by atomic mass is 15.3. The Morgan fingerprint density at radius 1 is 1.11 bits per heavy atom. The van der Waals surface area contributed by atoms with E-state index in [9.17, 15) is 0 Å². The maximum Gasteiger partial charge on any atom is 0.243 e. The van der Waals surface area contributed by atoms with Gasteiger partial charge in [0.1, 0.15) is 0 Å². The van der Waals surface area contributed by atoms with Crippen molar-refractivity contribution in [2.45, 2.75) is 58.9 Å². The molecule has 0 saturated carbocycles. The lowest BCUT2D eigenvalue weighted by Crippen LogP contribution is -2.37. The first kappa shape index (κ1) is 14.8.